The van der Waals surface area contributed by atoms with Gasteiger partial charge in [-0.25, -0.2) is 0 Å². The lowest BCUT2D eigenvalue weighted by atomic mass is 9.66. The van der Waals surface area contributed by atoms with Gasteiger partial charge in [0.1, 0.15) is 0 Å². The Hall–Kier alpha value is -1.29. The van der Waals surface area contributed by atoms with Crippen molar-refractivity contribution in [2.24, 2.45) is 5.92 Å². The van der Waals surface area contributed by atoms with E-state index in [0.717, 1.165) is 25.9 Å². The number of nitrogens with one attached hydrogen (secondary N) is 1. The van der Waals surface area contributed by atoms with Crippen LogP contribution >= 0.6 is 0 Å². The first-order valence-corrected chi connectivity index (χ1v) is 6.32. The van der Waals surface area contributed by atoms with Crippen molar-refractivity contribution in [3.63, 3.8) is 0 Å². The smallest absolute Gasteiger partial charge is 0.309 e. The van der Waals surface area contributed by atoms with E-state index in [-0.39, 0.29) is 17.4 Å². The van der Waals surface area contributed by atoms with E-state index in [2.05, 4.69) is 28.2 Å². The molecule has 92 valence electrons. The number of nitrogens with zero attached hydrogens (tertiary/aromatic N) is 1. The first-order chi connectivity index (χ1) is 8.25. The molecule has 3 rings (SSSR count). The predicted octanol–water partition coefficient (Wildman–Crippen LogP) is 1.26. The average molecular weight is 234 g/mol. The second-order valence-electron chi connectivity index (χ2n) is 4.95. The maximum Gasteiger partial charge on any atom is 0.309 e. The average Bonchev–Trinajstić information content (AvgIpc) is 2.73. The van der Waals surface area contributed by atoms with Gasteiger partial charge in [-0.05, 0) is 31.9 Å². The van der Waals surface area contributed by atoms with Crippen LogP contribution in [0, 0.1) is 5.92 Å². The Morgan fingerprint density at radius 3 is 3.24 bits per heavy atom. The Bertz CT molecular complexity index is 432. The molecule has 2 aliphatic rings. The van der Waals surface area contributed by atoms with Gasteiger partial charge in [0.25, 0.3) is 0 Å². The molecule has 0 unspecified atom stereocenters. The largest absolute Gasteiger partial charge is 0.466 e. The summed E-state index contributed by atoms with van der Waals surface area (Å²) in [5.41, 5.74) is 1.35. The van der Waals surface area contributed by atoms with Crippen molar-refractivity contribution in [3.8, 4) is 0 Å². The van der Waals surface area contributed by atoms with Crippen molar-refractivity contribution in [2.75, 3.05) is 13.2 Å². The van der Waals surface area contributed by atoms with Crippen LogP contribution in [0.4, 0.5) is 0 Å². The SMILES string of the molecule is CCOC(=O)C1CC2(C1)NCCn1cccc12. The number of hydrogen-bond acceptors (Lipinski definition) is 3. The highest BCUT2D eigenvalue weighted by molar-refractivity contribution is 5.74. The maximum absolute atomic E-state index is 11.6. The molecule has 0 bridgehead atoms. The highest BCUT2D eigenvalue weighted by atomic mass is 16.5. The van der Waals surface area contributed by atoms with E-state index >= 15 is 0 Å². The number of rotatable bonds is 2. The zero-order valence-electron chi connectivity index (χ0n) is 10.1. The van der Waals surface area contributed by atoms with Gasteiger partial charge < -0.3 is 14.6 Å². The minimum Gasteiger partial charge on any atom is -0.466 e. The lowest BCUT2D eigenvalue weighted by molar-refractivity contribution is -0.155. The summed E-state index contributed by atoms with van der Waals surface area (Å²) in [4.78, 5) is 11.6. The third kappa shape index (κ3) is 1.59. The fourth-order valence-corrected chi connectivity index (χ4v) is 3.11. The minimum atomic E-state index is -0.0383. The van der Waals surface area contributed by atoms with E-state index < -0.39 is 0 Å². The van der Waals surface area contributed by atoms with Crippen molar-refractivity contribution in [3.05, 3.63) is 24.0 Å². The molecule has 4 heteroatoms. The lowest BCUT2D eigenvalue weighted by Crippen LogP contribution is -2.58. The Balaban J connectivity index is 1.74. The first kappa shape index (κ1) is 10.8. The van der Waals surface area contributed by atoms with Crippen molar-refractivity contribution >= 4 is 5.97 Å². The van der Waals surface area contributed by atoms with Gasteiger partial charge in [0.05, 0.1) is 18.1 Å². The number of aromatic nitrogens is 1. The standard InChI is InChI=1S/C13H18N2O2/c1-2-17-12(16)10-8-13(9-10)11-4-3-6-15(11)7-5-14-13/h3-4,6,10,14H,2,5,7-9H2,1H3. The molecular formula is C13H18N2O2. The zero-order valence-corrected chi connectivity index (χ0v) is 10.1. The van der Waals surface area contributed by atoms with Crippen LogP contribution in [0.5, 0.6) is 0 Å². The Labute approximate surface area is 101 Å². The van der Waals surface area contributed by atoms with E-state index in [0.29, 0.717) is 6.61 Å². The summed E-state index contributed by atoms with van der Waals surface area (Å²) in [6, 6.07) is 4.25. The van der Waals surface area contributed by atoms with Gasteiger partial charge in [0.15, 0.2) is 0 Å². The lowest BCUT2D eigenvalue weighted by Gasteiger charge is -2.49. The van der Waals surface area contributed by atoms with Gasteiger partial charge >= 0.3 is 5.97 Å². The summed E-state index contributed by atoms with van der Waals surface area (Å²) in [5.74, 6) is 0.0347. The summed E-state index contributed by atoms with van der Waals surface area (Å²) in [7, 11) is 0. The van der Waals surface area contributed by atoms with Crippen molar-refractivity contribution < 1.29 is 9.53 Å². The van der Waals surface area contributed by atoms with Crippen LogP contribution < -0.4 is 5.32 Å². The molecule has 0 atom stereocenters. The fraction of sp³-hybridized carbons (Fsp3) is 0.615. The Morgan fingerprint density at radius 1 is 1.65 bits per heavy atom. The summed E-state index contributed by atoms with van der Waals surface area (Å²) in [6.45, 7) is 4.34. The van der Waals surface area contributed by atoms with Gasteiger partial charge in [0.2, 0.25) is 0 Å². The second-order valence-corrected chi connectivity index (χ2v) is 4.95. The molecule has 1 fully saturated rings. The van der Waals surface area contributed by atoms with Gasteiger partial charge in [-0.2, -0.15) is 0 Å². The molecule has 0 amide bonds. The highest BCUT2D eigenvalue weighted by Crippen LogP contribution is 2.47. The minimum absolute atomic E-state index is 0.0270. The number of esters is 1. The molecule has 1 spiro atoms. The monoisotopic (exact) mass is 234 g/mol. The van der Waals surface area contributed by atoms with Gasteiger partial charge in [-0.15, -0.1) is 0 Å². The molecule has 1 aromatic heterocycles. The predicted molar refractivity (Wildman–Crippen MR) is 63.5 cm³/mol. The summed E-state index contributed by atoms with van der Waals surface area (Å²) in [5, 5.41) is 3.57. The van der Waals surface area contributed by atoms with Crippen molar-refractivity contribution in [2.45, 2.75) is 31.8 Å². The van der Waals surface area contributed by atoms with E-state index in [1.54, 1.807) is 0 Å². The van der Waals surface area contributed by atoms with Crippen molar-refractivity contribution in [1.29, 1.82) is 0 Å². The number of ether oxygens (including phenoxy) is 1. The van der Waals surface area contributed by atoms with Gasteiger partial charge in [-0.1, -0.05) is 0 Å². The third-order valence-electron chi connectivity index (χ3n) is 3.95. The van der Waals surface area contributed by atoms with E-state index in [9.17, 15) is 4.79 Å². The van der Waals surface area contributed by atoms with E-state index in [4.69, 9.17) is 4.74 Å². The zero-order chi connectivity index (χ0) is 11.9. The molecule has 1 aliphatic carbocycles. The van der Waals surface area contributed by atoms with E-state index in [1.807, 2.05) is 6.92 Å². The summed E-state index contributed by atoms with van der Waals surface area (Å²) >= 11 is 0. The molecule has 0 radical (unpaired) electrons. The normalized spacial score (nSPS) is 30.8. The molecule has 1 aromatic rings. The quantitative estimate of drug-likeness (QED) is 0.783. The number of fused-ring (bicyclic) bond motifs is 2. The van der Waals surface area contributed by atoms with Crippen molar-refractivity contribution in [1.82, 2.24) is 9.88 Å². The number of carbonyl (C=O) groups excluding carboxylic acids is 1. The molecule has 4 nitrogen and oxygen atoms in total. The van der Waals surface area contributed by atoms with Crippen LogP contribution in [0.15, 0.2) is 18.3 Å². The van der Waals surface area contributed by atoms with Crippen LogP contribution in [-0.4, -0.2) is 23.7 Å². The van der Waals surface area contributed by atoms with Gasteiger partial charge in [-0.3, -0.25) is 4.79 Å². The first-order valence-electron chi connectivity index (χ1n) is 6.32. The molecule has 17 heavy (non-hydrogen) atoms. The third-order valence-corrected chi connectivity index (χ3v) is 3.95. The molecule has 0 aromatic carbocycles. The second kappa shape index (κ2) is 3.88. The Kier molecular flexibility index (Phi) is 2.47. The number of hydrogen-bond donors (Lipinski definition) is 1. The summed E-state index contributed by atoms with van der Waals surface area (Å²) in [6.07, 6.45) is 3.86. The van der Waals surface area contributed by atoms with Gasteiger partial charge in [0, 0.05) is 25.0 Å². The maximum atomic E-state index is 11.6. The van der Waals surface area contributed by atoms with Crippen LogP contribution in [0.1, 0.15) is 25.5 Å². The number of carbonyl (C=O) groups is 1. The molecule has 2 heterocycles. The topological polar surface area (TPSA) is 43.3 Å². The molecule has 1 N–H and O–H groups in total. The molecular weight excluding hydrogens is 216 g/mol. The van der Waals surface area contributed by atoms with E-state index in [1.165, 1.54) is 5.69 Å². The van der Waals surface area contributed by atoms with Crippen LogP contribution in [0.2, 0.25) is 0 Å². The van der Waals surface area contributed by atoms with Crippen LogP contribution in [0.3, 0.4) is 0 Å². The van der Waals surface area contributed by atoms with Crippen LogP contribution in [-0.2, 0) is 21.6 Å². The molecule has 1 aliphatic heterocycles. The molecule has 1 saturated carbocycles. The molecule has 0 saturated heterocycles. The fourth-order valence-electron chi connectivity index (χ4n) is 3.11. The highest BCUT2D eigenvalue weighted by Gasteiger charge is 2.51. The summed E-state index contributed by atoms with van der Waals surface area (Å²) < 4.78 is 7.37. The van der Waals surface area contributed by atoms with Crippen LogP contribution in [0.25, 0.3) is 0 Å². The Morgan fingerprint density at radius 2 is 2.47 bits per heavy atom.